The molecule has 0 heterocycles. The summed E-state index contributed by atoms with van der Waals surface area (Å²) in [6, 6.07) is 0. The van der Waals surface area contributed by atoms with E-state index in [-0.39, 0.29) is 23.2 Å². The highest BCUT2D eigenvalue weighted by Crippen LogP contribution is 2.51. The van der Waals surface area contributed by atoms with Crippen LogP contribution in [0.4, 0.5) is 4.39 Å². The summed E-state index contributed by atoms with van der Waals surface area (Å²) in [6.45, 7) is 5.62. The summed E-state index contributed by atoms with van der Waals surface area (Å²) in [4.78, 5) is 12.7. The number of alkyl halides is 1. The first kappa shape index (κ1) is 22.9. The minimum Gasteiger partial charge on any atom is -0.468 e. The maximum Gasteiger partial charge on any atom is 0.327 e. The van der Waals surface area contributed by atoms with Crippen molar-refractivity contribution in [1.82, 2.24) is 0 Å². The second-order valence-corrected chi connectivity index (χ2v) is 10.7. The Balaban J connectivity index is 2.44. The van der Waals surface area contributed by atoms with Crippen LogP contribution in [0, 0.1) is 5.41 Å². The molecule has 4 nitrogen and oxygen atoms in total. The first-order valence-corrected chi connectivity index (χ1v) is 11.7. The number of carbonyl (C=O) groups excluding carboxylic acids is 1. The lowest BCUT2D eigenvalue weighted by Crippen LogP contribution is -2.52. The smallest absolute Gasteiger partial charge is 0.327 e. The van der Waals surface area contributed by atoms with Gasteiger partial charge in [-0.2, -0.15) is 0 Å². The molecule has 2 aliphatic carbocycles. The van der Waals surface area contributed by atoms with Crippen LogP contribution in [-0.2, 0) is 19.4 Å². The molecule has 0 amide bonds. The molecule has 0 aromatic rings. The predicted octanol–water partition coefficient (Wildman–Crippen LogP) is 5.21. The molecular formula is C22H33FO4S. The van der Waals surface area contributed by atoms with Crippen LogP contribution < -0.4 is 0 Å². The van der Waals surface area contributed by atoms with E-state index in [1.165, 1.54) is 44.4 Å². The lowest BCUT2D eigenvalue weighted by molar-refractivity contribution is -0.145. The summed E-state index contributed by atoms with van der Waals surface area (Å²) in [5.74, 6) is -0.709. The molecule has 0 spiro atoms. The largest absolute Gasteiger partial charge is 0.468 e. The Morgan fingerprint density at radius 3 is 2.18 bits per heavy atom. The average Bonchev–Trinajstić information content (AvgIpc) is 2.83. The van der Waals surface area contributed by atoms with Crippen LogP contribution in [0.3, 0.4) is 0 Å². The van der Waals surface area contributed by atoms with Gasteiger partial charge in [0.2, 0.25) is 0 Å². The monoisotopic (exact) mass is 412 g/mol. The quantitative estimate of drug-likeness (QED) is 0.539. The van der Waals surface area contributed by atoms with E-state index >= 15 is 0 Å². The maximum atomic E-state index is 14.2. The van der Waals surface area contributed by atoms with Crippen LogP contribution in [0.2, 0.25) is 0 Å². The number of esters is 1. The van der Waals surface area contributed by atoms with Crippen LogP contribution >= 0.6 is 0 Å². The van der Waals surface area contributed by atoms with Crippen molar-refractivity contribution < 1.29 is 22.3 Å². The molecule has 6 heteroatoms. The molecule has 28 heavy (non-hydrogen) atoms. The average molecular weight is 413 g/mol. The molecule has 1 fully saturated rings. The second-order valence-electron chi connectivity index (χ2n) is 8.40. The first-order valence-electron chi connectivity index (χ1n) is 10.2. The third-order valence-electron chi connectivity index (χ3n) is 6.32. The lowest BCUT2D eigenvalue weighted by atomic mass is 9.65. The van der Waals surface area contributed by atoms with Crippen LogP contribution in [0.15, 0.2) is 35.3 Å². The molecule has 158 valence electrons. The molecule has 1 unspecified atom stereocenters. The summed E-state index contributed by atoms with van der Waals surface area (Å²) in [7, 11) is -2.80. The Labute approximate surface area is 168 Å². The van der Waals surface area contributed by atoms with E-state index in [2.05, 4.69) is 13.8 Å². The lowest BCUT2D eigenvalue weighted by Gasteiger charge is -2.44. The molecule has 0 radical (unpaired) electrons. The van der Waals surface area contributed by atoms with Gasteiger partial charge in [0.05, 0.1) is 12.0 Å². The van der Waals surface area contributed by atoms with Gasteiger partial charge in [0, 0.05) is 0 Å². The van der Waals surface area contributed by atoms with E-state index in [0.29, 0.717) is 12.8 Å². The molecule has 0 aromatic heterocycles. The SMILES string of the molecule is CCCC1(CCC)CCC(C(=O)OC)(S(=O)(=O)C2=CC=CC(C)(F)C=C2)CC1. The van der Waals surface area contributed by atoms with E-state index in [9.17, 15) is 17.6 Å². The third-order valence-corrected chi connectivity index (χ3v) is 8.81. The highest BCUT2D eigenvalue weighted by molar-refractivity contribution is 7.97. The number of methoxy groups -OCH3 is 1. The molecule has 0 aliphatic heterocycles. The van der Waals surface area contributed by atoms with Gasteiger partial charge in [-0.15, -0.1) is 0 Å². The van der Waals surface area contributed by atoms with Gasteiger partial charge in [-0.05, 0) is 75.2 Å². The van der Waals surface area contributed by atoms with E-state index < -0.39 is 26.2 Å². The third kappa shape index (κ3) is 4.27. The minimum absolute atomic E-state index is 0.0333. The topological polar surface area (TPSA) is 60.4 Å². The van der Waals surface area contributed by atoms with Gasteiger partial charge in [-0.1, -0.05) is 32.8 Å². The van der Waals surface area contributed by atoms with Crippen LogP contribution in [-0.4, -0.2) is 31.9 Å². The summed E-state index contributed by atoms with van der Waals surface area (Å²) >= 11 is 0. The highest BCUT2D eigenvalue weighted by atomic mass is 32.2. The normalized spacial score (nSPS) is 26.4. The summed E-state index contributed by atoms with van der Waals surface area (Å²) in [5.41, 5.74) is -1.64. The Morgan fingerprint density at radius 2 is 1.68 bits per heavy atom. The molecule has 2 rings (SSSR count). The predicted molar refractivity (Wildman–Crippen MR) is 110 cm³/mol. The Kier molecular flexibility index (Phi) is 6.95. The van der Waals surface area contributed by atoms with Gasteiger partial charge in [0.15, 0.2) is 14.6 Å². The van der Waals surface area contributed by atoms with Gasteiger partial charge in [-0.3, -0.25) is 4.79 Å². The van der Waals surface area contributed by atoms with Gasteiger partial charge < -0.3 is 4.74 Å². The van der Waals surface area contributed by atoms with E-state index in [4.69, 9.17) is 4.74 Å². The fourth-order valence-corrected chi connectivity index (χ4v) is 6.73. The van der Waals surface area contributed by atoms with Gasteiger partial charge in [0.25, 0.3) is 0 Å². The minimum atomic E-state index is -4.03. The van der Waals surface area contributed by atoms with E-state index in [0.717, 1.165) is 25.7 Å². The van der Waals surface area contributed by atoms with Crippen LogP contribution in [0.5, 0.6) is 0 Å². The fraction of sp³-hybridized carbons (Fsp3) is 0.682. The van der Waals surface area contributed by atoms with Crippen molar-refractivity contribution in [2.75, 3.05) is 7.11 Å². The molecule has 1 atom stereocenters. The molecule has 1 saturated carbocycles. The molecule has 0 saturated heterocycles. The summed E-state index contributed by atoms with van der Waals surface area (Å²) in [6.07, 6.45) is 12.5. The Morgan fingerprint density at radius 1 is 1.11 bits per heavy atom. The number of hydrogen-bond donors (Lipinski definition) is 0. The molecule has 2 aliphatic rings. The van der Waals surface area contributed by atoms with Gasteiger partial charge >= 0.3 is 5.97 Å². The summed E-state index contributed by atoms with van der Waals surface area (Å²) < 4.78 is 44.8. The standard InChI is InChI=1S/C22H33FO4S/c1-5-10-21(11-6-2)14-16-22(17-15-21,19(24)27-4)28(25,26)18-8-7-12-20(3,23)13-9-18/h7-9,12-13H,5-6,10-11,14-17H2,1-4H3. The van der Waals surface area contributed by atoms with Crippen LogP contribution in [0.25, 0.3) is 0 Å². The van der Waals surface area contributed by atoms with Crippen molar-refractivity contribution in [2.45, 2.75) is 82.6 Å². The Bertz CT molecular complexity index is 758. The zero-order valence-corrected chi connectivity index (χ0v) is 18.3. The van der Waals surface area contributed by atoms with E-state index in [1.807, 2.05) is 0 Å². The van der Waals surface area contributed by atoms with E-state index in [1.54, 1.807) is 0 Å². The zero-order chi connectivity index (χ0) is 21.1. The fourth-order valence-electron chi connectivity index (χ4n) is 4.73. The van der Waals surface area contributed by atoms with Gasteiger partial charge in [-0.25, -0.2) is 12.8 Å². The molecule has 0 bridgehead atoms. The van der Waals surface area contributed by atoms with Crippen molar-refractivity contribution in [2.24, 2.45) is 5.41 Å². The molecule has 0 aromatic carbocycles. The highest BCUT2D eigenvalue weighted by Gasteiger charge is 2.56. The number of allylic oxidation sites excluding steroid dienone is 5. The summed E-state index contributed by atoms with van der Waals surface area (Å²) in [5, 5.41) is 0. The zero-order valence-electron chi connectivity index (χ0n) is 17.5. The number of hydrogen-bond acceptors (Lipinski definition) is 4. The van der Waals surface area contributed by atoms with Crippen molar-refractivity contribution in [3.05, 3.63) is 35.3 Å². The van der Waals surface area contributed by atoms with Gasteiger partial charge in [0.1, 0.15) is 5.67 Å². The number of rotatable bonds is 7. The maximum absolute atomic E-state index is 14.2. The first-order chi connectivity index (χ1) is 13.1. The van der Waals surface area contributed by atoms with Crippen molar-refractivity contribution >= 4 is 15.8 Å². The number of ether oxygens (including phenoxy) is 1. The number of carbonyl (C=O) groups is 1. The Hall–Kier alpha value is -1.43. The van der Waals surface area contributed by atoms with Crippen molar-refractivity contribution in [3.63, 3.8) is 0 Å². The number of halogens is 1. The molecule has 0 N–H and O–H groups in total. The second kappa shape index (κ2) is 8.52. The van der Waals surface area contributed by atoms with Crippen LogP contribution in [0.1, 0.15) is 72.1 Å². The van der Waals surface area contributed by atoms with Crippen molar-refractivity contribution in [3.8, 4) is 0 Å². The number of sulfone groups is 1. The van der Waals surface area contributed by atoms with Crippen molar-refractivity contribution in [1.29, 1.82) is 0 Å². The molecular weight excluding hydrogens is 379 g/mol.